The van der Waals surface area contributed by atoms with Crippen LogP contribution in [-0.2, 0) is 16.0 Å². The number of nitrogens with one attached hydrogen (secondary N) is 1. The average molecular weight is 261 g/mol. The number of hydrogen-bond donors (Lipinski definition) is 1. The molecule has 104 valence electrons. The van der Waals surface area contributed by atoms with Crippen LogP contribution in [0.2, 0.25) is 0 Å². The van der Waals surface area contributed by atoms with E-state index in [9.17, 15) is 4.79 Å². The maximum Gasteiger partial charge on any atom is 0.310 e. The van der Waals surface area contributed by atoms with E-state index < -0.39 is 0 Å². The maximum atomic E-state index is 12.0. The molecule has 0 aliphatic carbocycles. The zero-order valence-electron chi connectivity index (χ0n) is 11.8. The number of hydrogen-bond acceptors (Lipinski definition) is 3. The Morgan fingerprint density at radius 2 is 2.05 bits per heavy atom. The molecule has 0 aromatic heterocycles. The highest BCUT2D eigenvalue weighted by molar-refractivity contribution is 5.74. The Hall–Kier alpha value is -1.35. The van der Waals surface area contributed by atoms with Gasteiger partial charge in [0.25, 0.3) is 0 Å². The number of esters is 1. The van der Waals surface area contributed by atoms with Crippen molar-refractivity contribution in [3.63, 3.8) is 0 Å². The molecule has 1 N–H and O–H groups in total. The van der Waals surface area contributed by atoms with Gasteiger partial charge in [-0.1, -0.05) is 31.2 Å². The van der Waals surface area contributed by atoms with E-state index in [-0.39, 0.29) is 17.8 Å². The zero-order chi connectivity index (χ0) is 13.7. The van der Waals surface area contributed by atoms with Gasteiger partial charge in [-0.2, -0.15) is 0 Å². The number of carbonyl (C=O) groups is 1. The second-order valence-electron chi connectivity index (χ2n) is 5.05. The van der Waals surface area contributed by atoms with Gasteiger partial charge in [-0.25, -0.2) is 0 Å². The van der Waals surface area contributed by atoms with Crippen LogP contribution in [0.3, 0.4) is 0 Å². The molecule has 1 fully saturated rings. The number of piperidine rings is 1. The van der Waals surface area contributed by atoms with E-state index in [1.165, 1.54) is 11.1 Å². The van der Waals surface area contributed by atoms with Crippen molar-refractivity contribution in [3.05, 3.63) is 35.4 Å². The van der Waals surface area contributed by atoms with Gasteiger partial charge in [-0.05, 0) is 43.4 Å². The molecule has 0 saturated carbocycles. The standard InChI is InChI=1S/C16H23NO2/c1-3-12-5-7-13(8-6-12)14-9-10-17-11-15(14)16(18)19-4-2/h5-8,14-15,17H,3-4,9-11H2,1-2H3/t14-,15-/m0/s1. The van der Waals surface area contributed by atoms with Crippen LogP contribution in [0.5, 0.6) is 0 Å². The lowest BCUT2D eigenvalue weighted by atomic mass is 9.81. The SMILES string of the molecule is CCOC(=O)[C@H]1CNCC[C@H]1c1ccc(CC)cc1. The first-order valence-corrected chi connectivity index (χ1v) is 7.22. The van der Waals surface area contributed by atoms with Crippen LogP contribution >= 0.6 is 0 Å². The summed E-state index contributed by atoms with van der Waals surface area (Å²) in [6.45, 7) is 6.16. The van der Waals surface area contributed by atoms with E-state index in [2.05, 4.69) is 36.5 Å². The fraction of sp³-hybridized carbons (Fsp3) is 0.562. The van der Waals surface area contributed by atoms with Gasteiger partial charge in [-0.3, -0.25) is 4.79 Å². The predicted molar refractivity (Wildman–Crippen MR) is 76.2 cm³/mol. The molecule has 19 heavy (non-hydrogen) atoms. The number of benzene rings is 1. The molecule has 0 unspecified atom stereocenters. The van der Waals surface area contributed by atoms with E-state index in [0.717, 1.165) is 25.9 Å². The minimum absolute atomic E-state index is 0.0545. The van der Waals surface area contributed by atoms with Gasteiger partial charge >= 0.3 is 5.97 Å². The number of ether oxygens (including phenoxy) is 1. The summed E-state index contributed by atoms with van der Waals surface area (Å²) >= 11 is 0. The summed E-state index contributed by atoms with van der Waals surface area (Å²) in [4.78, 5) is 12.0. The Balaban J connectivity index is 2.15. The summed E-state index contributed by atoms with van der Waals surface area (Å²) in [7, 11) is 0. The van der Waals surface area contributed by atoms with Crippen LogP contribution in [0, 0.1) is 5.92 Å². The summed E-state index contributed by atoms with van der Waals surface area (Å²) in [5.74, 6) is 0.159. The van der Waals surface area contributed by atoms with Crippen LogP contribution in [0.1, 0.15) is 37.3 Å². The molecule has 0 radical (unpaired) electrons. The molecule has 1 heterocycles. The molecule has 3 heteroatoms. The quantitative estimate of drug-likeness (QED) is 0.846. The monoisotopic (exact) mass is 261 g/mol. The Morgan fingerprint density at radius 3 is 2.68 bits per heavy atom. The lowest BCUT2D eigenvalue weighted by Crippen LogP contribution is -2.40. The molecule has 3 nitrogen and oxygen atoms in total. The second-order valence-corrected chi connectivity index (χ2v) is 5.05. The van der Waals surface area contributed by atoms with E-state index in [4.69, 9.17) is 4.74 Å². The predicted octanol–water partition coefficient (Wildman–Crippen LogP) is 2.51. The fourth-order valence-electron chi connectivity index (χ4n) is 2.75. The van der Waals surface area contributed by atoms with Crippen LogP contribution < -0.4 is 5.32 Å². The molecule has 0 spiro atoms. The maximum absolute atomic E-state index is 12.0. The molecule has 1 saturated heterocycles. The molecule has 2 atom stereocenters. The van der Waals surface area contributed by atoms with Gasteiger partial charge in [0.2, 0.25) is 0 Å². The van der Waals surface area contributed by atoms with Crippen molar-refractivity contribution >= 4 is 5.97 Å². The highest BCUT2D eigenvalue weighted by atomic mass is 16.5. The van der Waals surface area contributed by atoms with Crippen molar-refractivity contribution in [2.75, 3.05) is 19.7 Å². The van der Waals surface area contributed by atoms with Crippen LogP contribution in [0.4, 0.5) is 0 Å². The summed E-state index contributed by atoms with van der Waals surface area (Å²) in [6.07, 6.45) is 2.04. The summed E-state index contributed by atoms with van der Waals surface area (Å²) in [5, 5.41) is 3.30. The fourth-order valence-corrected chi connectivity index (χ4v) is 2.75. The van der Waals surface area contributed by atoms with Gasteiger partial charge in [0, 0.05) is 6.54 Å². The molecular formula is C16H23NO2. The molecule has 1 aliphatic rings. The first-order chi connectivity index (χ1) is 9.26. The minimum Gasteiger partial charge on any atom is -0.466 e. The summed E-state index contributed by atoms with van der Waals surface area (Å²) in [6, 6.07) is 8.67. The Morgan fingerprint density at radius 1 is 1.32 bits per heavy atom. The van der Waals surface area contributed by atoms with E-state index in [0.29, 0.717) is 6.61 Å². The lowest BCUT2D eigenvalue weighted by molar-refractivity contribution is -0.149. The lowest BCUT2D eigenvalue weighted by Gasteiger charge is -2.31. The van der Waals surface area contributed by atoms with Crippen molar-refractivity contribution in [1.82, 2.24) is 5.32 Å². The molecular weight excluding hydrogens is 238 g/mol. The molecule has 1 aromatic carbocycles. The first-order valence-electron chi connectivity index (χ1n) is 7.22. The topological polar surface area (TPSA) is 38.3 Å². The average Bonchev–Trinajstić information content (AvgIpc) is 2.47. The Kier molecular flexibility index (Phi) is 4.97. The van der Waals surface area contributed by atoms with Crippen molar-refractivity contribution in [2.45, 2.75) is 32.6 Å². The van der Waals surface area contributed by atoms with Crippen LogP contribution in [-0.4, -0.2) is 25.7 Å². The van der Waals surface area contributed by atoms with Crippen LogP contribution in [0.25, 0.3) is 0 Å². The minimum atomic E-state index is -0.0701. The third-order valence-electron chi connectivity index (χ3n) is 3.89. The normalized spacial score (nSPS) is 23.1. The van der Waals surface area contributed by atoms with Gasteiger partial charge < -0.3 is 10.1 Å². The molecule has 0 bridgehead atoms. The molecule has 1 aliphatic heterocycles. The van der Waals surface area contributed by atoms with Crippen molar-refractivity contribution in [2.24, 2.45) is 5.92 Å². The third kappa shape index (κ3) is 3.35. The molecule has 0 amide bonds. The highest BCUT2D eigenvalue weighted by Gasteiger charge is 2.32. The largest absolute Gasteiger partial charge is 0.466 e. The second kappa shape index (κ2) is 6.71. The van der Waals surface area contributed by atoms with Gasteiger partial charge in [-0.15, -0.1) is 0 Å². The molecule has 2 rings (SSSR count). The Bertz CT molecular complexity index is 413. The van der Waals surface area contributed by atoms with E-state index >= 15 is 0 Å². The van der Waals surface area contributed by atoms with Crippen molar-refractivity contribution < 1.29 is 9.53 Å². The van der Waals surface area contributed by atoms with Gasteiger partial charge in [0.1, 0.15) is 0 Å². The summed E-state index contributed by atoms with van der Waals surface area (Å²) in [5.41, 5.74) is 2.60. The zero-order valence-corrected chi connectivity index (χ0v) is 11.8. The highest BCUT2D eigenvalue weighted by Crippen LogP contribution is 2.31. The number of carbonyl (C=O) groups excluding carboxylic acids is 1. The number of aryl methyl sites for hydroxylation is 1. The third-order valence-corrected chi connectivity index (χ3v) is 3.89. The van der Waals surface area contributed by atoms with Crippen molar-refractivity contribution in [1.29, 1.82) is 0 Å². The number of rotatable bonds is 4. The van der Waals surface area contributed by atoms with Gasteiger partial charge in [0.05, 0.1) is 12.5 Å². The molecule has 1 aromatic rings. The summed E-state index contributed by atoms with van der Waals surface area (Å²) < 4.78 is 5.20. The smallest absolute Gasteiger partial charge is 0.310 e. The van der Waals surface area contributed by atoms with Gasteiger partial charge in [0.15, 0.2) is 0 Å². The van der Waals surface area contributed by atoms with Crippen molar-refractivity contribution in [3.8, 4) is 0 Å². The van der Waals surface area contributed by atoms with Crippen LogP contribution in [0.15, 0.2) is 24.3 Å². The van der Waals surface area contributed by atoms with E-state index in [1.807, 2.05) is 6.92 Å². The first kappa shape index (κ1) is 14.1. The van der Waals surface area contributed by atoms with E-state index in [1.54, 1.807) is 0 Å². The Labute approximate surface area is 115 Å².